The van der Waals surface area contributed by atoms with Crippen molar-refractivity contribution in [1.82, 2.24) is 25.5 Å². The molecule has 3 N–H and O–H groups in total. The summed E-state index contributed by atoms with van der Waals surface area (Å²) >= 11 is 0. The molecule has 1 aliphatic rings. The number of aromatic nitrogens is 4. The lowest BCUT2D eigenvalue weighted by molar-refractivity contribution is 0.458. The Morgan fingerprint density at radius 2 is 1.93 bits per heavy atom. The van der Waals surface area contributed by atoms with Gasteiger partial charge in [0.25, 0.3) is 0 Å². The molecule has 144 valence electrons. The average molecular weight is 400 g/mol. The molecule has 0 spiro atoms. The van der Waals surface area contributed by atoms with Crippen molar-refractivity contribution in [2.45, 2.75) is 18.8 Å². The first kappa shape index (κ1) is 19.7. The molecule has 1 fully saturated rings. The number of H-pyrrole nitrogens is 1. The lowest BCUT2D eigenvalue weighted by Crippen LogP contribution is -2.26. The van der Waals surface area contributed by atoms with Gasteiger partial charge in [0.15, 0.2) is 11.5 Å². The summed E-state index contributed by atoms with van der Waals surface area (Å²) in [6.45, 7) is 1.95. The first-order valence-electron chi connectivity index (χ1n) is 8.78. The second kappa shape index (κ2) is 8.78. The van der Waals surface area contributed by atoms with Gasteiger partial charge in [0.2, 0.25) is 0 Å². The third-order valence-electron chi connectivity index (χ3n) is 4.69. The molecule has 0 bridgehead atoms. The lowest BCUT2D eigenvalue weighted by atomic mass is 9.89. The summed E-state index contributed by atoms with van der Waals surface area (Å²) in [4.78, 5) is 8.02. The third-order valence-corrected chi connectivity index (χ3v) is 4.69. The minimum Gasteiger partial charge on any atom is -0.322 e. The molecule has 3 heterocycles. The number of nitrogens with one attached hydrogen (secondary N) is 3. The van der Waals surface area contributed by atoms with Crippen LogP contribution in [0, 0.1) is 17.1 Å². The number of piperidine rings is 1. The van der Waals surface area contributed by atoms with E-state index in [9.17, 15) is 4.39 Å². The lowest BCUT2D eigenvalue weighted by Gasteiger charge is -2.23. The highest BCUT2D eigenvalue weighted by atomic mass is 35.5. The van der Waals surface area contributed by atoms with E-state index in [1.54, 1.807) is 18.2 Å². The van der Waals surface area contributed by atoms with E-state index in [0.717, 1.165) is 31.5 Å². The zero-order valence-corrected chi connectivity index (χ0v) is 15.8. The second-order valence-electron chi connectivity index (χ2n) is 6.45. The number of nitriles is 1. The minimum absolute atomic E-state index is 0. The van der Waals surface area contributed by atoms with E-state index >= 15 is 0 Å². The number of nitrogens with zero attached hydrogens (tertiary/aromatic N) is 4. The number of anilines is 2. The van der Waals surface area contributed by atoms with Crippen molar-refractivity contribution >= 4 is 24.0 Å². The molecule has 0 radical (unpaired) electrons. The van der Waals surface area contributed by atoms with Gasteiger partial charge in [-0.3, -0.25) is 5.10 Å². The van der Waals surface area contributed by atoms with Crippen molar-refractivity contribution < 1.29 is 4.39 Å². The van der Waals surface area contributed by atoms with Gasteiger partial charge < -0.3 is 10.6 Å². The molecular formula is C19H19ClFN7. The topological polar surface area (TPSA) is 102 Å². The predicted octanol–water partition coefficient (Wildman–Crippen LogP) is 3.51. The summed E-state index contributed by atoms with van der Waals surface area (Å²) in [5, 5.41) is 22.0. The van der Waals surface area contributed by atoms with Crippen LogP contribution in [-0.2, 0) is 0 Å². The number of halogens is 2. The molecule has 0 amide bonds. The predicted molar refractivity (Wildman–Crippen MR) is 106 cm³/mol. The van der Waals surface area contributed by atoms with Gasteiger partial charge in [-0.1, -0.05) is 6.07 Å². The van der Waals surface area contributed by atoms with Gasteiger partial charge in [0.05, 0.1) is 18.1 Å². The van der Waals surface area contributed by atoms with E-state index in [-0.39, 0.29) is 23.9 Å². The maximum atomic E-state index is 14.7. The van der Waals surface area contributed by atoms with E-state index in [1.807, 2.05) is 12.1 Å². The molecule has 3 aromatic rings. The number of aromatic amines is 1. The maximum Gasteiger partial charge on any atom is 0.158 e. The molecule has 28 heavy (non-hydrogen) atoms. The normalized spacial score (nSPS) is 14.1. The Hall–Kier alpha value is -3.02. The molecule has 1 aromatic carbocycles. The van der Waals surface area contributed by atoms with Crippen LogP contribution in [0.1, 0.15) is 30.0 Å². The van der Waals surface area contributed by atoms with Crippen molar-refractivity contribution in [3.8, 4) is 17.3 Å². The first-order valence-corrected chi connectivity index (χ1v) is 8.78. The molecule has 0 saturated carbocycles. The Kier molecular flexibility index (Phi) is 6.19. The van der Waals surface area contributed by atoms with Crippen molar-refractivity contribution in [2.75, 3.05) is 18.4 Å². The largest absolute Gasteiger partial charge is 0.322 e. The highest BCUT2D eigenvalue weighted by Gasteiger charge is 2.17. The zero-order chi connectivity index (χ0) is 18.6. The zero-order valence-electron chi connectivity index (χ0n) is 14.9. The Morgan fingerprint density at radius 3 is 2.61 bits per heavy atom. The van der Waals surface area contributed by atoms with Crippen LogP contribution in [0.2, 0.25) is 0 Å². The summed E-state index contributed by atoms with van der Waals surface area (Å²) in [5.74, 6) is 1.09. The highest BCUT2D eigenvalue weighted by molar-refractivity contribution is 5.85. The minimum atomic E-state index is -0.264. The monoisotopic (exact) mass is 399 g/mol. The Labute approximate surface area is 167 Å². The van der Waals surface area contributed by atoms with Gasteiger partial charge >= 0.3 is 0 Å². The molecule has 1 saturated heterocycles. The molecule has 0 unspecified atom stereocenters. The Balaban J connectivity index is 0.00000225. The molecular weight excluding hydrogens is 381 g/mol. The summed E-state index contributed by atoms with van der Waals surface area (Å²) in [7, 11) is 0. The fourth-order valence-electron chi connectivity index (χ4n) is 3.26. The molecule has 0 aliphatic carbocycles. The van der Waals surface area contributed by atoms with Gasteiger partial charge in [-0.15, -0.1) is 12.4 Å². The van der Waals surface area contributed by atoms with Crippen LogP contribution in [0.3, 0.4) is 0 Å². The quantitative estimate of drug-likeness (QED) is 0.620. The fourth-order valence-corrected chi connectivity index (χ4v) is 3.26. The van der Waals surface area contributed by atoms with Crippen LogP contribution in [0.5, 0.6) is 0 Å². The summed E-state index contributed by atoms with van der Waals surface area (Å²) < 4.78 is 14.7. The van der Waals surface area contributed by atoms with Gasteiger partial charge in [0, 0.05) is 11.6 Å². The summed E-state index contributed by atoms with van der Waals surface area (Å²) in [6, 6.07) is 9.04. The van der Waals surface area contributed by atoms with Crippen LogP contribution in [-0.4, -0.2) is 33.3 Å². The SMILES string of the molecule is Cl.N#Cc1cnc(Nc2cc(-c3ccc(C4CCNCC4)cc3F)[nH]n2)cn1. The number of hydrogen-bond donors (Lipinski definition) is 3. The van der Waals surface area contributed by atoms with Gasteiger partial charge in [-0.2, -0.15) is 10.4 Å². The maximum absolute atomic E-state index is 14.7. The summed E-state index contributed by atoms with van der Waals surface area (Å²) in [5.41, 5.74) is 2.33. The number of hydrogen-bond acceptors (Lipinski definition) is 6. The van der Waals surface area contributed by atoms with Gasteiger partial charge in [-0.25, -0.2) is 14.4 Å². The molecule has 4 rings (SSSR count). The number of rotatable bonds is 4. The molecule has 9 heteroatoms. The van der Waals surface area contributed by atoms with Crippen LogP contribution in [0.4, 0.5) is 16.0 Å². The van der Waals surface area contributed by atoms with E-state index < -0.39 is 0 Å². The molecule has 2 aromatic heterocycles. The third kappa shape index (κ3) is 4.27. The second-order valence-corrected chi connectivity index (χ2v) is 6.45. The molecule has 1 aliphatic heterocycles. The van der Waals surface area contributed by atoms with Crippen molar-refractivity contribution in [2.24, 2.45) is 0 Å². The highest BCUT2D eigenvalue weighted by Crippen LogP contribution is 2.30. The first-order chi connectivity index (χ1) is 13.2. The van der Waals surface area contributed by atoms with Gasteiger partial charge in [0.1, 0.15) is 17.7 Å². The van der Waals surface area contributed by atoms with Crippen LogP contribution < -0.4 is 10.6 Å². The summed E-state index contributed by atoms with van der Waals surface area (Å²) in [6.07, 6.45) is 4.88. The number of benzene rings is 1. The Bertz CT molecular complexity index is 975. The fraction of sp³-hybridized carbons (Fsp3) is 0.263. The van der Waals surface area contributed by atoms with E-state index in [0.29, 0.717) is 28.8 Å². The Morgan fingerprint density at radius 1 is 1.11 bits per heavy atom. The van der Waals surface area contributed by atoms with E-state index in [4.69, 9.17) is 5.26 Å². The average Bonchev–Trinajstić information content (AvgIpc) is 3.17. The standard InChI is InChI=1S/C19H18FN7.ClH/c20-16-7-13(12-3-5-22-6-4-12)1-2-15(16)17-8-18(27-26-17)25-19-11-23-14(9-21)10-24-19;/h1-2,7-8,10-12,22H,3-6H2,(H2,24,25,26,27);1H. The van der Waals surface area contributed by atoms with Crippen molar-refractivity contribution in [3.63, 3.8) is 0 Å². The van der Waals surface area contributed by atoms with E-state index in [1.165, 1.54) is 12.4 Å². The van der Waals surface area contributed by atoms with E-state index in [2.05, 4.69) is 30.8 Å². The van der Waals surface area contributed by atoms with Crippen LogP contribution >= 0.6 is 12.4 Å². The van der Waals surface area contributed by atoms with Crippen molar-refractivity contribution in [1.29, 1.82) is 5.26 Å². The molecule has 0 atom stereocenters. The molecule has 7 nitrogen and oxygen atoms in total. The van der Waals surface area contributed by atoms with Gasteiger partial charge in [-0.05, 0) is 49.5 Å². The van der Waals surface area contributed by atoms with Crippen LogP contribution in [0.25, 0.3) is 11.3 Å². The van der Waals surface area contributed by atoms with Crippen molar-refractivity contribution in [3.05, 3.63) is 53.7 Å². The van der Waals surface area contributed by atoms with Crippen LogP contribution in [0.15, 0.2) is 36.7 Å². The smallest absolute Gasteiger partial charge is 0.158 e.